The van der Waals surface area contributed by atoms with Gasteiger partial charge in [-0.2, -0.15) is 0 Å². The smallest absolute Gasteiger partial charge is 0.338 e. The average molecular weight is 314 g/mol. The predicted octanol–water partition coefficient (Wildman–Crippen LogP) is 4.07. The number of esters is 1. The molecule has 0 saturated carbocycles. The molecule has 0 amide bonds. The first-order valence-electron chi connectivity index (χ1n) is 5.63. The molecule has 0 aromatic heterocycles. The summed E-state index contributed by atoms with van der Waals surface area (Å²) in [4.78, 5) is 11.8. The summed E-state index contributed by atoms with van der Waals surface area (Å²) in [5.74, 6) is -1.19. The van der Waals surface area contributed by atoms with Crippen LogP contribution in [0.4, 0.5) is 10.1 Å². The van der Waals surface area contributed by atoms with Crippen molar-refractivity contribution in [2.75, 3.05) is 5.73 Å². The van der Waals surface area contributed by atoms with Crippen LogP contribution in [0.25, 0.3) is 0 Å². The average Bonchev–Trinajstić information content (AvgIpc) is 2.36. The number of halogens is 3. The molecule has 0 saturated heterocycles. The fourth-order valence-electron chi connectivity index (χ4n) is 1.62. The van der Waals surface area contributed by atoms with E-state index in [4.69, 9.17) is 33.7 Å². The van der Waals surface area contributed by atoms with Gasteiger partial charge in [0.25, 0.3) is 0 Å². The first-order valence-corrected chi connectivity index (χ1v) is 6.39. The van der Waals surface area contributed by atoms with Gasteiger partial charge in [-0.15, -0.1) is 0 Å². The van der Waals surface area contributed by atoms with Gasteiger partial charge in [0.05, 0.1) is 10.6 Å². The molecule has 0 radical (unpaired) electrons. The van der Waals surface area contributed by atoms with Crippen LogP contribution in [0.3, 0.4) is 0 Å². The number of rotatable bonds is 3. The monoisotopic (exact) mass is 313 g/mol. The molecule has 0 fully saturated rings. The minimum Gasteiger partial charge on any atom is -0.457 e. The van der Waals surface area contributed by atoms with Crippen molar-refractivity contribution in [2.45, 2.75) is 6.61 Å². The van der Waals surface area contributed by atoms with Gasteiger partial charge < -0.3 is 10.5 Å². The van der Waals surface area contributed by atoms with Crippen LogP contribution in [0, 0.1) is 5.82 Å². The molecule has 0 spiro atoms. The fraction of sp³-hybridized carbons (Fsp3) is 0.0714. The number of anilines is 1. The van der Waals surface area contributed by atoms with Gasteiger partial charge in [-0.25, -0.2) is 9.18 Å². The molecule has 0 heterocycles. The van der Waals surface area contributed by atoms with E-state index in [1.165, 1.54) is 36.4 Å². The predicted molar refractivity (Wildman–Crippen MR) is 76.4 cm³/mol. The van der Waals surface area contributed by atoms with Gasteiger partial charge in [0.2, 0.25) is 0 Å². The molecule has 3 nitrogen and oxygen atoms in total. The molecule has 2 N–H and O–H groups in total. The summed E-state index contributed by atoms with van der Waals surface area (Å²) >= 11 is 11.6. The summed E-state index contributed by atoms with van der Waals surface area (Å²) < 4.78 is 18.5. The zero-order valence-electron chi connectivity index (χ0n) is 10.2. The maximum absolute atomic E-state index is 13.5. The second-order valence-electron chi connectivity index (χ2n) is 4.05. The third-order valence-electron chi connectivity index (χ3n) is 2.57. The van der Waals surface area contributed by atoms with Gasteiger partial charge in [0, 0.05) is 16.3 Å². The highest BCUT2D eigenvalue weighted by Crippen LogP contribution is 2.21. The summed E-state index contributed by atoms with van der Waals surface area (Å²) in [6.07, 6.45) is 0. The van der Waals surface area contributed by atoms with Crippen LogP contribution in [-0.2, 0) is 11.3 Å². The Morgan fingerprint density at radius 1 is 1.25 bits per heavy atom. The van der Waals surface area contributed by atoms with Gasteiger partial charge in [-0.05, 0) is 30.3 Å². The van der Waals surface area contributed by atoms with Crippen molar-refractivity contribution in [3.8, 4) is 0 Å². The number of carbonyl (C=O) groups is 1. The van der Waals surface area contributed by atoms with E-state index < -0.39 is 11.8 Å². The Morgan fingerprint density at radius 2 is 2.00 bits per heavy atom. The molecule has 0 aliphatic carbocycles. The molecule has 20 heavy (non-hydrogen) atoms. The Hall–Kier alpha value is -1.78. The Kier molecular flexibility index (Phi) is 4.47. The summed E-state index contributed by atoms with van der Waals surface area (Å²) in [6.45, 7) is -0.267. The van der Waals surface area contributed by atoms with Crippen molar-refractivity contribution in [3.05, 3.63) is 63.4 Å². The SMILES string of the molecule is Nc1cc(Cl)cc(C(=O)OCc2c(F)cccc2Cl)c1. The highest BCUT2D eigenvalue weighted by Gasteiger charge is 2.13. The largest absolute Gasteiger partial charge is 0.457 e. The fourth-order valence-corrected chi connectivity index (χ4v) is 2.08. The maximum Gasteiger partial charge on any atom is 0.338 e. The van der Waals surface area contributed by atoms with Crippen molar-refractivity contribution < 1.29 is 13.9 Å². The number of carbonyl (C=O) groups excluding carboxylic acids is 1. The second-order valence-corrected chi connectivity index (χ2v) is 4.89. The van der Waals surface area contributed by atoms with Gasteiger partial charge >= 0.3 is 5.97 Å². The lowest BCUT2D eigenvalue weighted by molar-refractivity contribution is 0.0469. The highest BCUT2D eigenvalue weighted by atomic mass is 35.5. The maximum atomic E-state index is 13.5. The quantitative estimate of drug-likeness (QED) is 0.686. The van der Waals surface area contributed by atoms with Crippen LogP contribution in [0.1, 0.15) is 15.9 Å². The van der Waals surface area contributed by atoms with E-state index in [-0.39, 0.29) is 22.8 Å². The lowest BCUT2D eigenvalue weighted by Gasteiger charge is -2.08. The topological polar surface area (TPSA) is 52.3 Å². The summed E-state index contributed by atoms with van der Waals surface area (Å²) in [7, 11) is 0. The molecule has 2 rings (SSSR count). The standard InChI is InChI=1S/C14H10Cl2FNO2/c15-9-4-8(5-10(18)6-9)14(19)20-7-11-12(16)2-1-3-13(11)17/h1-6H,7,18H2. The van der Waals surface area contributed by atoms with Gasteiger partial charge in [0.15, 0.2) is 0 Å². The normalized spacial score (nSPS) is 10.3. The van der Waals surface area contributed by atoms with E-state index >= 15 is 0 Å². The zero-order chi connectivity index (χ0) is 14.7. The van der Waals surface area contributed by atoms with Crippen LogP contribution in [0.2, 0.25) is 10.0 Å². The Balaban J connectivity index is 2.13. The number of nitrogen functional groups attached to an aromatic ring is 1. The minimum atomic E-state index is -0.654. The van der Waals surface area contributed by atoms with Crippen LogP contribution >= 0.6 is 23.2 Å². The van der Waals surface area contributed by atoms with E-state index in [0.29, 0.717) is 10.7 Å². The van der Waals surface area contributed by atoms with Gasteiger partial charge in [-0.1, -0.05) is 29.3 Å². The van der Waals surface area contributed by atoms with Crippen molar-refractivity contribution in [1.82, 2.24) is 0 Å². The van der Waals surface area contributed by atoms with Crippen LogP contribution in [0.15, 0.2) is 36.4 Å². The Morgan fingerprint density at radius 3 is 2.65 bits per heavy atom. The third-order valence-corrected chi connectivity index (χ3v) is 3.14. The van der Waals surface area contributed by atoms with Crippen molar-refractivity contribution >= 4 is 34.9 Å². The third kappa shape index (κ3) is 3.40. The highest BCUT2D eigenvalue weighted by molar-refractivity contribution is 6.31. The molecule has 0 aliphatic heterocycles. The van der Waals surface area contributed by atoms with E-state index in [0.717, 1.165) is 0 Å². The van der Waals surface area contributed by atoms with Gasteiger partial charge in [0.1, 0.15) is 12.4 Å². The first-order chi connectivity index (χ1) is 9.47. The zero-order valence-corrected chi connectivity index (χ0v) is 11.7. The lowest BCUT2D eigenvalue weighted by Crippen LogP contribution is -2.07. The second kappa shape index (κ2) is 6.11. The number of ether oxygens (including phenoxy) is 1. The molecule has 2 aromatic carbocycles. The summed E-state index contributed by atoms with van der Waals surface area (Å²) in [6, 6.07) is 8.59. The molecule has 0 atom stereocenters. The molecular weight excluding hydrogens is 304 g/mol. The molecule has 0 aliphatic rings. The number of hydrogen-bond acceptors (Lipinski definition) is 3. The lowest BCUT2D eigenvalue weighted by atomic mass is 10.2. The van der Waals surface area contributed by atoms with Crippen LogP contribution < -0.4 is 5.73 Å². The molecule has 0 bridgehead atoms. The van der Waals surface area contributed by atoms with Crippen molar-refractivity contribution in [2.24, 2.45) is 0 Å². The summed E-state index contributed by atoms with van der Waals surface area (Å²) in [5.41, 5.74) is 6.24. The molecule has 2 aromatic rings. The molecule has 6 heteroatoms. The van der Waals surface area contributed by atoms with Crippen LogP contribution in [-0.4, -0.2) is 5.97 Å². The summed E-state index contributed by atoms with van der Waals surface area (Å²) in [5, 5.41) is 0.518. The minimum absolute atomic E-state index is 0.123. The van der Waals surface area contributed by atoms with E-state index in [2.05, 4.69) is 0 Å². The number of nitrogens with two attached hydrogens (primary N) is 1. The number of hydrogen-bond donors (Lipinski definition) is 1. The number of benzene rings is 2. The van der Waals surface area contributed by atoms with Crippen molar-refractivity contribution in [3.63, 3.8) is 0 Å². The van der Waals surface area contributed by atoms with E-state index in [9.17, 15) is 9.18 Å². The van der Waals surface area contributed by atoms with E-state index in [1.807, 2.05) is 0 Å². The van der Waals surface area contributed by atoms with Crippen molar-refractivity contribution in [1.29, 1.82) is 0 Å². The van der Waals surface area contributed by atoms with Gasteiger partial charge in [-0.3, -0.25) is 0 Å². The first kappa shape index (κ1) is 14.6. The Labute approximate surface area is 125 Å². The van der Waals surface area contributed by atoms with Crippen LogP contribution in [0.5, 0.6) is 0 Å². The molecular formula is C14H10Cl2FNO2. The molecule has 104 valence electrons. The Bertz CT molecular complexity index is 621. The molecule has 0 unspecified atom stereocenters. The van der Waals surface area contributed by atoms with E-state index in [1.54, 1.807) is 0 Å².